The van der Waals surface area contributed by atoms with E-state index in [2.05, 4.69) is 5.10 Å². The van der Waals surface area contributed by atoms with E-state index in [1.807, 2.05) is 0 Å². The molecule has 0 fully saturated rings. The van der Waals surface area contributed by atoms with Crippen LogP contribution in [0.3, 0.4) is 0 Å². The van der Waals surface area contributed by atoms with Gasteiger partial charge < -0.3 is 5.11 Å². The summed E-state index contributed by atoms with van der Waals surface area (Å²) in [6, 6.07) is 2.89. The van der Waals surface area contributed by atoms with Crippen LogP contribution < -0.4 is 5.01 Å². The fourth-order valence-electron chi connectivity index (χ4n) is 1.39. The van der Waals surface area contributed by atoms with Gasteiger partial charge in [-0.15, -0.1) is 0 Å². The van der Waals surface area contributed by atoms with Gasteiger partial charge in [0.25, 0.3) is 0 Å². The Morgan fingerprint density at radius 2 is 2.18 bits per heavy atom. The largest absolute Gasteiger partial charge is 0.477 e. The molecule has 0 bridgehead atoms. The molecule has 88 valence electrons. The molecule has 0 amide bonds. The molecule has 4 nitrogen and oxygen atoms in total. The molecule has 0 atom stereocenters. The summed E-state index contributed by atoms with van der Waals surface area (Å²) < 4.78 is 26.4. The number of hydrazone groups is 1. The van der Waals surface area contributed by atoms with Crippen LogP contribution in [0.25, 0.3) is 0 Å². The van der Waals surface area contributed by atoms with Gasteiger partial charge in [-0.1, -0.05) is 6.08 Å². The molecular formula is C11H8F2N2O2. The molecule has 0 aliphatic carbocycles. The van der Waals surface area contributed by atoms with Crippen molar-refractivity contribution < 1.29 is 18.7 Å². The molecule has 2 rings (SSSR count). The molecule has 1 aliphatic heterocycles. The van der Waals surface area contributed by atoms with Crippen molar-refractivity contribution in [3.05, 3.63) is 42.1 Å². The number of nitrogens with zero attached hydrogens (tertiary/aromatic N) is 2. The molecule has 0 saturated heterocycles. The molecule has 1 N–H and O–H groups in total. The van der Waals surface area contributed by atoms with E-state index in [1.165, 1.54) is 12.3 Å². The van der Waals surface area contributed by atoms with Crippen LogP contribution in [0.5, 0.6) is 0 Å². The number of anilines is 1. The van der Waals surface area contributed by atoms with Gasteiger partial charge in [0.05, 0.1) is 0 Å². The highest BCUT2D eigenvalue weighted by Gasteiger charge is 2.17. The van der Waals surface area contributed by atoms with Crippen molar-refractivity contribution in [2.45, 2.75) is 6.42 Å². The van der Waals surface area contributed by atoms with Crippen LogP contribution in [-0.2, 0) is 4.79 Å². The molecule has 6 heteroatoms. The van der Waals surface area contributed by atoms with Crippen LogP contribution in [0, 0.1) is 11.6 Å². The average Bonchev–Trinajstić information content (AvgIpc) is 2.32. The first kappa shape index (κ1) is 11.3. The van der Waals surface area contributed by atoms with Gasteiger partial charge in [0.2, 0.25) is 0 Å². The second-order valence-corrected chi connectivity index (χ2v) is 3.38. The Bertz CT molecular complexity index is 526. The number of carboxylic acid groups (broad SMARTS) is 1. The summed E-state index contributed by atoms with van der Waals surface area (Å²) >= 11 is 0. The van der Waals surface area contributed by atoms with Crippen LogP contribution in [0.2, 0.25) is 0 Å². The predicted molar refractivity (Wildman–Crippen MR) is 57.7 cm³/mol. The Kier molecular flexibility index (Phi) is 2.86. The van der Waals surface area contributed by atoms with E-state index in [1.54, 1.807) is 0 Å². The maximum Gasteiger partial charge on any atom is 0.352 e. The summed E-state index contributed by atoms with van der Waals surface area (Å²) in [6.07, 6.45) is 3.06. The lowest BCUT2D eigenvalue weighted by molar-refractivity contribution is -0.129. The van der Waals surface area contributed by atoms with E-state index in [0.29, 0.717) is 0 Å². The lowest BCUT2D eigenvalue weighted by atomic mass is 10.2. The maximum atomic E-state index is 13.4. The van der Waals surface area contributed by atoms with Gasteiger partial charge in [0, 0.05) is 18.7 Å². The number of hydrogen-bond donors (Lipinski definition) is 1. The second kappa shape index (κ2) is 4.32. The molecule has 0 spiro atoms. The van der Waals surface area contributed by atoms with Crippen molar-refractivity contribution in [3.8, 4) is 0 Å². The lowest BCUT2D eigenvalue weighted by Crippen LogP contribution is -2.22. The fourth-order valence-corrected chi connectivity index (χ4v) is 1.39. The Balaban J connectivity index is 2.40. The number of halogens is 2. The zero-order valence-corrected chi connectivity index (χ0v) is 8.60. The molecular weight excluding hydrogens is 230 g/mol. The van der Waals surface area contributed by atoms with Crippen LogP contribution in [0.15, 0.2) is 35.6 Å². The van der Waals surface area contributed by atoms with E-state index in [0.717, 1.165) is 23.2 Å². The third-order valence-electron chi connectivity index (χ3n) is 2.19. The summed E-state index contributed by atoms with van der Waals surface area (Å²) in [6.45, 7) is 0. The number of rotatable bonds is 2. The van der Waals surface area contributed by atoms with Crippen molar-refractivity contribution in [2.75, 3.05) is 5.01 Å². The number of allylic oxidation sites excluding steroid dienone is 1. The number of carboxylic acids is 1. The van der Waals surface area contributed by atoms with Gasteiger partial charge in [-0.2, -0.15) is 5.10 Å². The zero-order chi connectivity index (χ0) is 12.4. The summed E-state index contributed by atoms with van der Waals surface area (Å²) in [5.74, 6) is -2.48. The highest BCUT2D eigenvalue weighted by Crippen LogP contribution is 2.23. The summed E-state index contributed by atoms with van der Waals surface area (Å²) in [7, 11) is 0. The van der Waals surface area contributed by atoms with Crippen LogP contribution in [0.1, 0.15) is 6.42 Å². The number of hydrogen-bond acceptors (Lipinski definition) is 3. The summed E-state index contributed by atoms with van der Waals surface area (Å²) in [5, 5.41) is 13.5. The monoisotopic (exact) mass is 238 g/mol. The topological polar surface area (TPSA) is 52.9 Å². The Morgan fingerprint density at radius 3 is 2.88 bits per heavy atom. The minimum Gasteiger partial charge on any atom is -0.477 e. The third-order valence-corrected chi connectivity index (χ3v) is 2.19. The van der Waals surface area contributed by atoms with Gasteiger partial charge in [-0.3, -0.25) is 0 Å². The van der Waals surface area contributed by atoms with Gasteiger partial charge in [0.15, 0.2) is 0 Å². The lowest BCUT2D eigenvalue weighted by Gasteiger charge is -2.19. The first-order valence-corrected chi connectivity index (χ1v) is 4.79. The fraction of sp³-hybridized carbons (Fsp3) is 0.0909. The predicted octanol–water partition coefficient (Wildman–Crippen LogP) is 2.13. The number of benzene rings is 1. The molecule has 0 aromatic heterocycles. The second-order valence-electron chi connectivity index (χ2n) is 3.38. The highest BCUT2D eigenvalue weighted by atomic mass is 19.1. The molecule has 1 heterocycles. The zero-order valence-electron chi connectivity index (χ0n) is 8.60. The number of aliphatic carboxylic acids is 1. The van der Waals surface area contributed by atoms with Crippen molar-refractivity contribution in [3.63, 3.8) is 0 Å². The highest BCUT2D eigenvalue weighted by molar-refractivity contribution is 6.36. The van der Waals surface area contributed by atoms with E-state index >= 15 is 0 Å². The van der Waals surface area contributed by atoms with Gasteiger partial charge >= 0.3 is 5.97 Å². The molecule has 0 unspecified atom stereocenters. The minimum absolute atomic E-state index is 0.125. The van der Waals surface area contributed by atoms with E-state index in [-0.39, 0.29) is 17.8 Å². The third kappa shape index (κ3) is 2.30. The summed E-state index contributed by atoms with van der Waals surface area (Å²) in [5.41, 5.74) is -0.254. The number of carbonyl (C=O) groups is 1. The van der Waals surface area contributed by atoms with E-state index in [9.17, 15) is 13.6 Å². The minimum atomic E-state index is -1.18. The van der Waals surface area contributed by atoms with Crippen LogP contribution >= 0.6 is 0 Å². The molecule has 0 radical (unpaired) electrons. The smallest absolute Gasteiger partial charge is 0.352 e. The van der Waals surface area contributed by atoms with Gasteiger partial charge in [-0.05, 0) is 12.1 Å². The quantitative estimate of drug-likeness (QED) is 0.858. The van der Waals surface area contributed by atoms with Crippen LogP contribution in [-0.4, -0.2) is 16.8 Å². The maximum absolute atomic E-state index is 13.4. The van der Waals surface area contributed by atoms with Crippen molar-refractivity contribution in [1.82, 2.24) is 0 Å². The molecule has 1 aromatic rings. The Labute approximate surface area is 95.5 Å². The Morgan fingerprint density at radius 1 is 1.41 bits per heavy atom. The van der Waals surface area contributed by atoms with Gasteiger partial charge in [0.1, 0.15) is 23.0 Å². The van der Waals surface area contributed by atoms with Crippen molar-refractivity contribution >= 4 is 17.4 Å². The van der Waals surface area contributed by atoms with Crippen molar-refractivity contribution in [1.29, 1.82) is 0 Å². The van der Waals surface area contributed by atoms with Gasteiger partial charge in [-0.25, -0.2) is 18.6 Å². The standard InChI is InChI=1S/C11H8F2N2O2/c12-7-3-4-8(13)10(6-7)15-5-1-2-9(14-15)11(16)17/h1,3-6H,2H2,(H,16,17). The molecule has 0 saturated carbocycles. The first-order chi connectivity index (χ1) is 8.08. The Hall–Kier alpha value is -2.24. The molecule has 1 aromatic carbocycles. The van der Waals surface area contributed by atoms with E-state index < -0.39 is 17.6 Å². The molecule has 17 heavy (non-hydrogen) atoms. The van der Waals surface area contributed by atoms with Crippen molar-refractivity contribution in [2.24, 2.45) is 5.10 Å². The average molecular weight is 238 g/mol. The van der Waals surface area contributed by atoms with Crippen LogP contribution in [0.4, 0.5) is 14.5 Å². The SMILES string of the molecule is O=C(O)C1=NN(c2cc(F)ccc2F)C=CC1. The first-order valence-electron chi connectivity index (χ1n) is 4.79. The normalized spacial score (nSPS) is 14.7. The molecule has 1 aliphatic rings. The summed E-state index contributed by atoms with van der Waals surface area (Å²) in [4.78, 5) is 10.7. The van der Waals surface area contributed by atoms with E-state index in [4.69, 9.17) is 5.11 Å².